The van der Waals surface area contributed by atoms with E-state index in [1.807, 2.05) is 29.6 Å². The van der Waals surface area contributed by atoms with Crippen molar-refractivity contribution in [1.29, 1.82) is 5.26 Å². The van der Waals surface area contributed by atoms with Crippen LogP contribution in [0.4, 0.5) is 15.9 Å². The number of piperazine rings is 1. The summed E-state index contributed by atoms with van der Waals surface area (Å²) < 4.78 is 15.7. The number of aromatic nitrogens is 4. The third-order valence-corrected chi connectivity index (χ3v) is 8.98. The van der Waals surface area contributed by atoms with Crippen molar-refractivity contribution in [3.8, 4) is 17.2 Å². The number of nitriles is 1. The molecule has 1 aliphatic carbocycles. The molecular weight excluding hydrogens is 503 g/mol. The van der Waals surface area contributed by atoms with Gasteiger partial charge in [-0.15, -0.1) is 0 Å². The Labute approximate surface area is 232 Å². The van der Waals surface area contributed by atoms with Crippen molar-refractivity contribution in [2.75, 3.05) is 36.0 Å². The zero-order chi connectivity index (χ0) is 26.8. The minimum atomic E-state index is -0.818. The quantitative estimate of drug-likeness (QED) is 0.381. The SMILES string of the molecule is N#Cc1cnn2cc(N3CCC(F)C3)cc(-c3ccc(N4CC5CC(C4)N5Cc4cnc5c(c4)C=CC5)nc3)c12. The number of anilines is 2. The maximum Gasteiger partial charge on any atom is 0.128 e. The Kier molecular flexibility index (Phi) is 5.39. The Hall–Kier alpha value is -4.29. The van der Waals surface area contributed by atoms with Gasteiger partial charge in [0.2, 0.25) is 0 Å². The third-order valence-electron chi connectivity index (χ3n) is 8.98. The van der Waals surface area contributed by atoms with Gasteiger partial charge in [0.15, 0.2) is 0 Å². The first kappa shape index (κ1) is 23.6. The van der Waals surface area contributed by atoms with Crippen LogP contribution >= 0.6 is 0 Å². The second kappa shape index (κ2) is 9.14. The summed E-state index contributed by atoms with van der Waals surface area (Å²) in [6.07, 6.45) is 13.7. The predicted molar refractivity (Wildman–Crippen MR) is 152 cm³/mol. The van der Waals surface area contributed by atoms with Crippen LogP contribution in [0.25, 0.3) is 22.7 Å². The predicted octanol–water partition coefficient (Wildman–Crippen LogP) is 4.24. The van der Waals surface area contributed by atoms with Crippen LogP contribution in [0.5, 0.6) is 0 Å². The van der Waals surface area contributed by atoms with E-state index in [1.165, 1.54) is 23.2 Å². The molecule has 8 heterocycles. The molecule has 3 atom stereocenters. The molecule has 0 spiro atoms. The van der Waals surface area contributed by atoms with Crippen LogP contribution in [-0.2, 0) is 13.0 Å². The van der Waals surface area contributed by atoms with Gasteiger partial charge in [0, 0.05) is 74.7 Å². The Morgan fingerprint density at radius 1 is 1.02 bits per heavy atom. The van der Waals surface area contributed by atoms with Crippen LogP contribution in [0.15, 0.2) is 55.1 Å². The number of hydrogen-bond acceptors (Lipinski definition) is 7. The monoisotopic (exact) mass is 532 g/mol. The number of nitrogens with zero attached hydrogens (tertiary/aromatic N) is 8. The van der Waals surface area contributed by atoms with E-state index in [0.717, 1.165) is 54.2 Å². The van der Waals surface area contributed by atoms with E-state index < -0.39 is 6.17 Å². The van der Waals surface area contributed by atoms with Gasteiger partial charge in [-0.2, -0.15) is 10.4 Å². The number of piperidine rings is 1. The van der Waals surface area contributed by atoms with E-state index in [4.69, 9.17) is 4.98 Å². The Morgan fingerprint density at radius 3 is 2.70 bits per heavy atom. The number of pyridine rings is 3. The van der Waals surface area contributed by atoms with Gasteiger partial charge in [0.25, 0.3) is 0 Å². The van der Waals surface area contributed by atoms with Crippen molar-refractivity contribution < 1.29 is 4.39 Å². The van der Waals surface area contributed by atoms with E-state index >= 15 is 0 Å². The Morgan fingerprint density at radius 2 is 1.93 bits per heavy atom. The summed E-state index contributed by atoms with van der Waals surface area (Å²) in [4.78, 5) is 16.6. The fraction of sp³-hybridized carbons (Fsp3) is 0.355. The average Bonchev–Trinajstić information content (AvgIpc) is 3.75. The van der Waals surface area contributed by atoms with Crippen LogP contribution in [0, 0.1) is 11.3 Å². The maximum atomic E-state index is 14.0. The van der Waals surface area contributed by atoms with Crippen LogP contribution < -0.4 is 9.80 Å². The van der Waals surface area contributed by atoms with Crippen LogP contribution in [-0.4, -0.2) is 68.9 Å². The molecule has 4 aromatic rings. The molecule has 9 rings (SSSR count). The highest BCUT2D eigenvalue weighted by Crippen LogP contribution is 2.37. The average molecular weight is 533 g/mol. The van der Waals surface area contributed by atoms with Crippen LogP contribution in [0.2, 0.25) is 0 Å². The van der Waals surface area contributed by atoms with Crippen LogP contribution in [0.3, 0.4) is 0 Å². The number of alkyl halides is 1. The largest absolute Gasteiger partial charge is 0.367 e. The smallest absolute Gasteiger partial charge is 0.128 e. The zero-order valence-corrected chi connectivity index (χ0v) is 22.1. The number of hydrogen-bond donors (Lipinski definition) is 0. The summed E-state index contributed by atoms with van der Waals surface area (Å²) in [5, 5.41) is 14.1. The van der Waals surface area contributed by atoms with Gasteiger partial charge >= 0.3 is 0 Å². The molecule has 0 N–H and O–H groups in total. The summed E-state index contributed by atoms with van der Waals surface area (Å²) in [7, 11) is 0. The minimum Gasteiger partial charge on any atom is -0.367 e. The molecule has 200 valence electrons. The van der Waals surface area contributed by atoms with Crippen molar-refractivity contribution in [3.63, 3.8) is 0 Å². The lowest BCUT2D eigenvalue weighted by molar-refractivity contribution is -0.00876. The number of halogens is 1. The Balaban J connectivity index is 1.02. The van der Waals surface area contributed by atoms with Crippen molar-refractivity contribution in [1.82, 2.24) is 24.5 Å². The number of fused-ring (bicyclic) bond motifs is 4. The first-order chi connectivity index (χ1) is 19.6. The lowest BCUT2D eigenvalue weighted by Crippen LogP contribution is -2.68. The summed E-state index contributed by atoms with van der Waals surface area (Å²) in [5.74, 6) is 0.975. The highest BCUT2D eigenvalue weighted by Gasteiger charge is 2.44. The van der Waals surface area contributed by atoms with Crippen molar-refractivity contribution in [2.24, 2.45) is 0 Å². The molecule has 4 saturated heterocycles. The maximum absolute atomic E-state index is 14.0. The minimum absolute atomic E-state index is 0.378. The first-order valence-electron chi connectivity index (χ1n) is 14.0. The summed E-state index contributed by atoms with van der Waals surface area (Å²) in [6, 6.07) is 11.8. The van der Waals surface area contributed by atoms with Gasteiger partial charge < -0.3 is 9.80 Å². The fourth-order valence-corrected chi connectivity index (χ4v) is 6.86. The van der Waals surface area contributed by atoms with Gasteiger partial charge in [-0.3, -0.25) is 9.88 Å². The summed E-state index contributed by atoms with van der Waals surface area (Å²) in [5.41, 5.74) is 7.72. The molecule has 8 nitrogen and oxygen atoms in total. The molecule has 4 aromatic heterocycles. The van der Waals surface area contributed by atoms with Crippen molar-refractivity contribution in [3.05, 3.63) is 77.5 Å². The van der Waals surface area contributed by atoms with Crippen molar-refractivity contribution >= 4 is 23.1 Å². The van der Waals surface area contributed by atoms with Gasteiger partial charge in [0.05, 0.1) is 34.9 Å². The Bertz CT molecular complexity index is 1670. The number of allylic oxidation sites excluding steroid dienone is 1. The highest BCUT2D eigenvalue weighted by atomic mass is 19.1. The van der Waals surface area contributed by atoms with E-state index in [-0.39, 0.29) is 0 Å². The summed E-state index contributed by atoms with van der Waals surface area (Å²) in [6.45, 7) is 3.92. The molecule has 5 aliphatic rings. The molecular formula is C31H29FN8. The molecule has 9 heteroatoms. The fourth-order valence-electron chi connectivity index (χ4n) is 6.86. The molecule has 3 unspecified atom stereocenters. The van der Waals surface area contributed by atoms with Crippen molar-refractivity contribution in [2.45, 2.75) is 44.1 Å². The lowest BCUT2D eigenvalue weighted by Gasteiger charge is -2.56. The molecule has 0 radical (unpaired) electrons. The van der Waals surface area contributed by atoms with Gasteiger partial charge in [-0.1, -0.05) is 12.2 Å². The standard InChI is InChI=1S/C31H29FN8/c32-24-6-7-37(16-24)25-10-28(31-23(11-33)14-36-40(31)19-25)22-4-5-30(35-13-22)38-17-26-9-27(18-38)39(26)15-20-8-21-2-1-3-29(21)34-12-20/h1-2,4-5,8,10,12-14,19,24,26-27H,3,6-7,9,15-18H2. The van der Waals surface area contributed by atoms with E-state index in [9.17, 15) is 9.65 Å². The second-order valence-corrected chi connectivity index (χ2v) is 11.4. The molecule has 40 heavy (non-hydrogen) atoms. The molecule has 4 fully saturated rings. The topological polar surface area (TPSA) is 76.6 Å². The zero-order valence-electron chi connectivity index (χ0n) is 22.1. The highest BCUT2D eigenvalue weighted by molar-refractivity contribution is 5.86. The molecule has 0 aromatic carbocycles. The second-order valence-electron chi connectivity index (χ2n) is 11.4. The first-order valence-corrected chi connectivity index (χ1v) is 14.0. The van der Waals surface area contributed by atoms with E-state index in [2.05, 4.69) is 56.3 Å². The van der Waals surface area contributed by atoms with E-state index in [0.29, 0.717) is 37.2 Å². The molecule has 0 amide bonds. The molecule has 2 bridgehead atoms. The summed E-state index contributed by atoms with van der Waals surface area (Å²) >= 11 is 0. The van der Waals surface area contributed by atoms with Crippen LogP contribution in [0.1, 0.15) is 35.2 Å². The lowest BCUT2D eigenvalue weighted by atomic mass is 9.86. The number of rotatable bonds is 5. The van der Waals surface area contributed by atoms with Gasteiger partial charge in [-0.25, -0.2) is 13.9 Å². The van der Waals surface area contributed by atoms with Gasteiger partial charge in [0.1, 0.15) is 18.1 Å². The van der Waals surface area contributed by atoms with E-state index in [1.54, 1.807) is 10.7 Å². The normalized spacial score (nSPS) is 23.4. The molecule has 4 aliphatic heterocycles. The third kappa shape index (κ3) is 3.86. The van der Waals surface area contributed by atoms with Gasteiger partial charge in [-0.05, 0) is 48.2 Å². The molecule has 0 saturated carbocycles.